The average molecular weight is 239 g/mol. The van der Waals surface area contributed by atoms with Crippen LogP contribution in [0.5, 0.6) is 0 Å². The van der Waals surface area contributed by atoms with Gasteiger partial charge < -0.3 is 10.1 Å². The van der Waals surface area contributed by atoms with Crippen LogP contribution in [0.3, 0.4) is 0 Å². The Kier molecular flexibility index (Phi) is 4.33. The van der Waals surface area contributed by atoms with Crippen LogP contribution in [0.1, 0.15) is 40.2 Å². The molecule has 98 valence electrons. The summed E-state index contributed by atoms with van der Waals surface area (Å²) in [6.45, 7) is 12.2. The maximum atomic E-state index is 5.35. The van der Waals surface area contributed by atoms with Crippen molar-refractivity contribution < 1.29 is 4.74 Å². The molecule has 0 aliphatic carbocycles. The maximum absolute atomic E-state index is 5.35. The minimum atomic E-state index is -0.125. The zero-order chi connectivity index (χ0) is 13.1. The molecule has 4 heteroatoms. The molecule has 1 N–H and O–H groups in total. The summed E-state index contributed by atoms with van der Waals surface area (Å²) in [6, 6.07) is 0. The van der Waals surface area contributed by atoms with Crippen LogP contribution in [0.15, 0.2) is 12.4 Å². The van der Waals surface area contributed by atoms with E-state index in [1.807, 2.05) is 10.9 Å². The van der Waals surface area contributed by atoms with Crippen molar-refractivity contribution in [2.45, 2.75) is 52.3 Å². The van der Waals surface area contributed by atoms with Gasteiger partial charge in [0.05, 0.1) is 17.3 Å². The van der Waals surface area contributed by atoms with Gasteiger partial charge >= 0.3 is 0 Å². The largest absolute Gasteiger partial charge is 0.377 e. The number of rotatable bonds is 5. The van der Waals surface area contributed by atoms with E-state index in [9.17, 15) is 0 Å². The number of methoxy groups -OCH3 is 1. The van der Waals surface area contributed by atoms with E-state index in [-0.39, 0.29) is 11.1 Å². The molecular formula is C13H25N3O. The molecule has 0 fully saturated rings. The summed E-state index contributed by atoms with van der Waals surface area (Å²) in [6.07, 6.45) is 4.00. The first kappa shape index (κ1) is 14.2. The summed E-state index contributed by atoms with van der Waals surface area (Å²) >= 11 is 0. The lowest BCUT2D eigenvalue weighted by Crippen LogP contribution is -2.36. The quantitative estimate of drug-likeness (QED) is 0.855. The van der Waals surface area contributed by atoms with E-state index in [2.05, 4.69) is 51.2 Å². The van der Waals surface area contributed by atoms with Gasteiger partial charge in [0.15, 0.2) is 0 Å². The minimum absolute atomic E-state index is 0.0457. The van der Waals surface area contributed by atoms with Gasteiger partial charge in [0.2, 0.25) is 0 Å². The molecule has 0 saturated carbocycles. The molecule has 17 heavy (non-hydrogen) atoms. The average Bonchev–Trinajstić information content (AvgIpc) is 2.66. The fourth-order valence-electron chi connectivity index (χ4n) is 1.40. The van der Waals surface area contributed by atoms with Crippen molar-refractivity contribution in [1.82, 2.24) is 15.1 Å². The third-order valence-electron chi connectivity index (χ3n) is 2.76. The Hall–Kier alpha value is -0.870. The molecule has 0 atom stereocenters. The number of nitrogens with zero attached hydrogens (tertiary/aromatic N) is 2. The van der Waals surface area contributed by atoms with Crippen LogP contribution < -0.4 is 5.32 Å². The van der Waals surface area contributed by atoms with Gasteiger partial charge in [-0.2, -0.15) is 5.10 Å². The third-order valence-corrected chi connectivity index (χ3v) is 2.76. The Morgan fingerprint density at radius 3 is 2.41 bits per heavy atom. The van der Waals surface area contributed by atoms with E-state index in [0.717, 1.165) is 13.1 Å². The second-order valence-corrected chi connectivity index (χ2v) is 6.03. The lowest BCUT2D eigenvalue weighted by atomic mass is 10.1. The first-order valence-electron chi connectivity index (χ1n) is 6.04. The van der Waals surface area contributed by atoms with E-state index >= 15 is 0 Å². The molecule has 0 spiro atoms. The van der Waals surface area contributed by atoms with Crippen molar-refractivity contribution in [2.24, 2.45) is 0 Å². The molecule has 4 nitrogen and oxygen atoms in total. The van der Waals surface area contributed by atoms with Crippen LogP contribution in [0.2, 0.25) is 0 Å². The molecule has 1 aromatic rings. The fraction of sp³-hybridized carbons (Fsp3) is 0.769. The van der Waals surface area contributed by atoms with Gasteiger partial charge in [0.1, 0.15) is 0 Å². The predicted molar refractivity (Wildman–Crippen MR) is 70.0 cm³/mol. The molecular weight excluding hydrogens is 214 g/mol. The topological polar surface area (TPSA) is 39.1 Å². The van der Waals surface area contributed by atoms with Gasteiger partial charge in [-0.1, -0.05) is 0 Å². The molecule has 1 aromatic heterocycles. The molecule has 0 unspecified atom stereocenters. The van der Waals surface area contributed by atoms with Crippen LogP contribution in [0.25, 0.3) is 0 Å². The highest BCUT2D eigenvalue weighted by Crippen LogP contribution is 2.13. The Morgan fingerprint density at radius 2 is 1.94 bits per heavy atom. The maximum Gasteiger partial charge on any atom is 0.0746 e. The zero-order valence-electron chi connectivity index (χ0n) is 11.9. The summed E-state index contributed by atoms with van der Waals surface area (Å²) in [5, 5.41) is 7.75. The first-order chi connectivity index (χ1) is 7.74. The highest BCUT2D eigenvalue weighted by molar-refractivity contribution is 5.05. The molecule has 0 saturated heterocycles. The zero-order valence-corrected chi connectivity index (χ0v) is 11.9. The first-order valence-corrected chi connectivity index (χ1v) is 6.04. The smallest absolute Gasteiger partial charge is 0.0746 e. The SMILES string of the molecule is COC(C)(C)CNCc1cnn(C(C)(C)C)c1. The number of hydrogen-bond acceptors (Lipinski definition) is 3. The molecule has 0 aromatic carbocycles. The van der Waals surface area contributed by atoms with Crippen LogP contribution >= 0.6 is 0 Å². The van der Waals surface area contributed by atoms with E-state index in [0.29, 0.717) is 0 Å². The lowest BCUT2D eigenvalue weighted by Gasteiger charge is -2.23. The number of aromatic nitrogens is 2. The number of nitrogens with one attached hydrogen (secondary N) is 1. The van der Waals surface area contributed by atoms with Gasteiger partial charge in [-0.05, 0) is 34.6 Å². The normalized spacial score (nSPS) is 13.1. The summed E-state index contributed by atoms with van der Waals surface area (Å²) in [7, 11) is 1.74. The lowest BCUT2D eigenvalue weighted by molar-refractivity contribution is 0.0230. The van der Waals surface area contributed by atoms with E-state index in [1.165, 1.54) is 5.56 Å². The van der Waals surface area contributed by atoms with Crippen LogP contribution in [-0.4, -0.2) is 29.0 Å². The van der Waals surface area contributed by atoms with Crippen molar-refractivity contribution in [2.75, 3.05) is 13.7 Å². The van der Waals surface area contributed by atoms with Gasteiger partial charge in [-0.15, -0.1) is 0 Å². The van der Waals surface area contributed by atoms with Crippen molar-refractivity contribution in [1.29, 1.82) is 0 Å². The molecule has 1 heterocycles. The molecule has 0 aliphatic rings. The highest BCUT2D eigenvalue weighted by Gasteiger charge is 2.16. The van der Waals surface area contributed by atoms with Gasteiger partial charge in [0.25, 0.3) is 0 Å². The van der Waals surface area contributed by atoms with Gasteiger partial charge in [-0.25, -0.2) is 0 Å². The Balaban J connectivity index is 2.46. The fourth-order valence-corrected chi connectivity index (χ4v) is 1.40. The second-order valence-electron chi connectivity index (χ2n) is 6.03. The Labute approximate surface area is 104 Å². The monoisotopic (exact) mass is 239 g/mol. The summed E-state index contributed by atoms with van der Waals surface area (Å²) in [5.41, 5.74) is 1.12. The Morgan fingerprint density at radius 1 is 1.29 bits per heavy atom. The Bertz CT molecular complexity index is 350. The van der Waals surface area contributed by atoms with Crippen LogP contribution in [0.4, 0.5) is 0 Å². The van der Waals surface area contributed by atoms with Crippen molar-refractivity contribution in [3.8, 4) is 0 Å². The van der Waals surface area contributed by atoms with E-state index in [4.69, 9.17) is 4.74 Å². The molecule has 0 bridgehead atoms. The number of hydrogen-bond donors (Lipinski definition) is 1. The van der Waals surface area contributed by atoms with E-state index in [1.54, 1.807) is 7.11 Å². The second kappa shape index (κ2) is 5.19. The van der Waals surface area contributed by atoms with Crippen molar-refractivity contribution >= 4 is 0 Å². The summed E-state index contributed by atoms with van der Waals surface area (Å²) in [4.78, 5) is 0. The van der Waals surface area contributed by atoms with Crippen molar-refractivity contribution in [3.05, 3.63) is 18.0 Å². The van der Waals surface area contributed by atoms with Gasteiger partial charge in [-0.3, -0.25) is 4.68 Å². The summed E-state index contributed by atoms with van der Waals surface area (Å²) in [5.74, 6) is 0. The standard InChI is InChI=1S/C13H25N3O/c1-12(2,3)16-9-11(8-15-16)7-14-10-13(4,5)17-6/h8-9,14H,7,10H2,1-6H3. The molecule has 0 radical (unpaired) electrons. The molecule has 0 amide bonds. The molecule has 1 rings (SSSR count). The van der Waals surface area contributed by atoms with E-state index < -0.39 is 0 Å². The van der Waals surface area contributed by atoms with Crippen LogP contribution in [-0.2, 0) is 16.8 Å². The highest BCUT2D eigenvalue weighted by atomic mass is 16.5. The predicted octanol–water partition coefficient (Wildman–Crippen LogP) is 2.15. The number of ether oxygens (including phenoxy) is 1. The molecule has 0 aliphatic heterocycles. The summed E-state index contributed by atoms with van der Waals surface area (Å²) < 4.78 is 7.34. The van der Waals surface area contributed by atoms with Gasteiger partial charge in [0, 0.05) is 32.0 Å². The van der Waals surface area contributed by atoms with Crippen molar-refractivity contribution in [3.63, 3.8) is 0 Å². The van der Waals surface area contributed by atoms with Crippen LogP contribution in [0, 0.1) is 0 Å². The minimum Gasteiger partial charge on any atom is -0.377 e. The third kappa shape index (κ3) is 4.48.